The van der Waals surface area contributed by atoms with E-state index >= 15 is 0 Å². The van der Waals surface area contributed by atoms with Gasteiger partial charge < -0.3 is 14.8 Å². The lowest BCUT2D eigenvalue weighted by molar-refractivity contribution is -0.116. The molecule has 1 amide bonds. The minimum absolute atomic E-state index is 0.0900. The van der Waals surface area contributed by atoms with E-state index in [1.807, 2.05) is 0 Å². The Morgan fingerprint density at radius 3 is 2.47 bits per heavy atom. The molecule has 0 aliphatic carbocycles. The van der Waals surface area contributed by atoms with Gasteiger partial charge in [-0.2, -0.15) is 0 Å². The Kier molecular flexibility index (Phi) is 6.81. The highest BCUT2D eigenvalue weighted by Crippen LogP contribution is 2.35. The second kappa shape index (κ2) is 8.12. The van der Waals surface area contributed by atoms with Gasteiger partial charge in [0.05, 0.1) is 24.9 Å². The lowest BCUT2D eigenvalue weighted by atomic mass is 10.2. The van der Waals surface area contributed by atoms with Crippen molar-refractivity contribution in [2.45, 2.75) is 19.3 Å². The zero-order chi connectivity index (χ0) is 14.3. The van der Waals surface area contributed by atoms with Gasteiger partial charge in [0.1, 0.15) is 11.5 Å². The molecule has 0 bridgehead atoms. The van der Waals surface area contributed by atoms with E-state index in [0.29, 0.717) is 34.5 Å². The Balaban J connectivity index is 2.78. The Hall–Kier alpha value is -1.13. The molecular formula is C13H17Cl2NO3. The Labute approximate surface area is 123 Å². The molecule has 0 aliphatic rings. The Morgan fingerprint density at radius 2 is 1.89 bits per heavy atom. The van der Waals surface area contributed by atoms with E-state index in [4.69, 9.17) is 32.7 Å². The van der Waals surface area contributed by atoms with Gasteiger partial charge in [-0.05, 0) is 12.8 Å². The van der Waals surface area contributed by atoms with Gasteiger partial charge in [-0.25, -0.2) is 0 Å². The SMILES string of the molecule is COc1cc(NC(=O)CCCCCl)c(OC)cc1Cl. The smallest absolute Gasteiger partial charge is 0.224 e. The van der Waals surface area contributed by atoms with Gasteiger partial charge in [0.25, 0.3) is 0 Å². The minimum atomic E-state index is -0.0900. The van der Waals surface area contributed by atoms with Crippen molar-refractivity contribution in [1.29, 1.82) is 0 Å². The molecule has 6 heteroatoms. The largest absolute Gasteiger partial charge is 0.495 e. The van der Waals surface area contributed by atoms with Gasteiger partial charge >= 0.3 is 0 Å². The molecule has 0 spiro atoms. The van der Waals surface area contributed by atoms with E-state index < -0.39 is 0 Å². The highest BCUT2D eigenvalue weighted by atomic mass is 35.5. The number of halogens is 2. The van der Waals surface area contributed by atoms with Crippen LogP contribution in [-0.2, 0) is 4.79 Å². The van der Waals surface area contributed by atoms with Crippen molar-refractivity contribution in [1.82, 2.24) is 0 Å². The zero-order valence-electron chi connectivity index (χ0n) is 11.0. The average Bonchev–Trinajstić information content (AvgIpc) is 2.40. The van der Waals surface area contributed by atoms with Crippen molar-refractivity contribution < 1.29 is 14.3 Å². The summed E-state index contributed by atoms with van der Waals surface area (Å²) in [7, 11) is 3.03. The van der Waals surface area contributed by atoms with E-state index in [1.165, 1.54) is 14.2 Å². The number of amides is 1. The summed E-state index contributed by atoms with van der Waals surface area (Å²) >= 11 is 11.6. The summed E-state index contributed by atoms with van der Waals surface area (Å²) in [5, 5.41) is 3.21. The molecule has 4 nitrogen and oxygen atoms in total. The lowest BCUT2D eigenvalue weighted by Gasteiger charge is -2.13. The van der Waals surface area contributed by atoms with Crippen LogP contribution in [0.15, 0.2) is 12.1 Å². The maximum atomic E-state index is 11.8. The van der Waals surface area contributed by atoms with Crippen molar-refractivity contribution >= 4 is 34.8 Å². The molecule has 0 saturated carbocycles. The van der Waals surface area contributed by atoms with Crippen LogP contribution >= 0.6 is 23.2 Å². The van der Waals surface area contributed by atoms with Gasteiger partial charge in [-0.3, -0.25) is 4.79 Å². The van der Waals surface area contributed by atoms with E-state index in [2.05, 4.69) is 5.32 Å². The predicted molar refractivity (Wildman–Crippen MR) is 77.8 cm³/mol. The number of unbranched alkanes of at least 4 members (excludes halogenated alkanes) is 1. The quantitative estimate of drug-likeness (QED) is 0.617. The first kappa shape index (κ1) is 15.9. The highest BCUT2D eigenvalue weighted by molar-refractivity contribution is 6.32. The molecule has 0 unspecified atom stereocenters. The molecule has 0 fully saturated rings. The average molecular weight is 306 g/mol. The molecule has 0 heterocycles. The summed E-state index contributed by atoms with van der Waals surface area (Å²) in [6.45, 7) is 0. The third-order valence-corrected chi connectivity index (χ3v) is 3.10. The van der Waals surface area contributed by atoms with Crippen LogP contribution in [0.25, 0.3) is 0 Å². The van der Waals surface area contributed by atoms with Gasteiger partial charge in [-0.1, -0.05) is 11.6 Å². The van der Waals surface area contributed by atoms with Crippen molar-refractivity contribution in [2.24, 2.45) is 0 Å². The summed E-state index contributed by atoms with van der Waals surface area (Å²) in [6.07, 6.45) is 1.99. The fourth-order valence-electron chi connectivity index (χ4n) is 1.55. The Bertz CT molecular complexity index is 438. The van der Waals surface area contributed by atoms with E-state index in [9.17, 15) is 4.79 Å². The fraction of sp³-hybridized carbons (Fsp3) is 0.462. The van der Waals surface area contributed by atoms with E-state index in [-0.39, 0.29) is 5.91 Å². The second-order valence-corrected chi connectivity index (χ2v) is 4.67. The number of nitrogens with one attached hydrogen (secondary N) is 1. The van der Waals surface area contributed by atoms with Gasteiger partial charge in [-0.15, -0.1) is 11.6 Å². The molecule has 0 radical (unpaired) electrons. The molecule has 19 heavy (non-hydrogen) atoms. The molecule has 0 saturated heterocycles. The molecule has 0 aliphatic heterocycles. The maximum absolute atomic E-state index is 11.8. The van der Waals surface area contributed by atoms with Crippen LogP contribution in [0.1, 0.15) is 19.3 Å². The van der Waals surface area contributed by atoms with Crippen molar-refractivity contribution in [3.63, 3.8) is 0 Å². The Morgan fingerprint density at radius 1 is 1.21 bits per heavy atom. The second-order valence-electron chi connectivity index (χ2n) is 3.88. The number of ether oxygens (including phenoxy) is 2. The van der Waals surface area contributed by atoms with Crippen LogP contribution in [0.3, 0.4) is 0 Å². The first-order valence-corrected chi connectivity index (χ1v) is 6.81. The highest BCUT2D eigenvalue weighted by Gasteiger charge is 2.12. The number of methoxy groups -OCH3 is 2. The van der Waals surface area contributed by atoms with Gasteiger partial charge in [0.2, 0.25) is 5.91 Å². The van der Waals surface area contributed by atoms with Crippen molar-refractivity contribution in [2.75, 3.05) is 25.4 Å². The number of carbonyl (C=O) groups is 1. The van der Waals surface area contributed by atoms with E-state index in [0.717, 1.165) is 12.8 Å². The summed E-state index contributed by atoms with van der Waals surface area (Å²) in [4.78, 5) is 11.8. The number of anilines is 1. The van der Waals surface area contributed by atoms with E-state index in [1.54, 1.807) is 12.1 Å². The molecule has 106 valence electrons. The molecule has 1 N–H and O–H groups in total. The standard InChI is InChI=1S/C13H17Cl2NO3/c1-18-11-8-10(12(19-2)7-9(11)15)16-13(17)5-3-4-6-14/h7-8H,3-6H2,1-2H3,(H,16,17). The summed E-state index contributed by atoms with van der Waals surface area (Å²) in [5.41, 5.74) is 0.541. The van der Waals surface area contributed by atoms with Crippen LogP contribution < -0.4 is 14.8 Å². The van der Waals surface area contributed by atoms with Crippen LogP contribution in [0.4, 0.5) is 5.69 Å². The molecule has 0 aromatic heterocycles. The normalized spacial score (nSPS) is 10.1. The molecule has 1 rings (SSSR count). The number of hydrogen-bond acceptors (Lipinski definition) is 3. The van der Waals surface area contributed by atoms with Gasteiger partial charge in [0, 0.05) is 24.4 Å². The summed E-state index contributed by atoms with van der Waals surface area (Å²) in [5.74, 6) is 1.45. The fourth-order valence-corrected chi connectivity index (χ4v) is 1.97. The van der Waals surface area contributed by atoms with Crippen molar-refractivity contribution in [3.05, 3.63) is 17.2 Å². The molecule has 1 aromatic carbocycles. The first-order valence-electron chi connectivity index (χ1n) is 5.89. The summed E-state index contributed by atoms with van der Waals surface area (Å²) in [6, 6.07) is 3.25. The van der Waals surface area contributed by atoms with Crippen LogP contribution in [0.2, 0.25) is 5.02 Å². The number of benzene rings is 1. The van der Waals surface area contributed by atoms with Crippen LogP contribution in [0, 0.1) is 0 Å². The summed E-state index contributed by atoms with van der Waals surface area (Å²) < 4.78 is 10.3. The first-order chi connectivity index (χ1) is 9.12. The monoisotopic (exact) mass is 305 g/mol. The number of carbonyl (C=O) groups excluding carboxylic acids is 1. The predicted octanol–water partition coefficient (Wildman–Crippen LogP) is 3.70. The van der Waals surface area contributed by atoms with Crippen LogP contribution in [-0.4, -0.2) is 26.0 Å². The third kappa shape index (κ3) is 4.80. The molecular weight excluding hydrogens is 289 g/mol. The third-order valence-electron chi connectivity index (χ3n) is 2.54. The zero-order valence-corrected chi connectivity index (χ0v) is 12.5. The lowest BCUT2D eigenvalue weighted by Crippen LogP contribution is -2.12. The number of alkyl halides is 1. The van der Waals surface area contributed by atoms with Gasteiger partial charge in [0.15, 0.2) is 0 Å². The minimum Gasteiger partial charge on any atom is -0.495 e. The molecule has 1 aromatic rings. The topological polar surface area (TPSA) is 47.6 Å². The van der Waals surface area contributed by atoms with Crippen molar-refractivity contribution in [3.8, 4) is 11.5 Å². The molecule has 0 atom stereocenters. The maximum Gasteiger partial charge on any atom is 0.224 e. The van der Waals surface area contributed by atoms with Crippen LogP contribution in [0.5, 0.6) is 11.5 Å². The number of rotatable bonds is 7. The number of hydrogen-bond donors (Lipinski definition) is 1.